The van der Waals surface area contributed by atoms with E-state index in [-0.39, 0.29) is 0 Å². The molecule has 0 amide bonds. The van der Waals surface area contributed by atoms with Crippen molar-refractivity contribution in [3.63, 3.8) is 0 Å². The third-order valence-electron chi connectivity index (χ3n) is 0.948. The minimum atomic E-state index is -0.825. The first-order valence-electron chi connectivity index (χ1n) is 2.41. The van der Waals surface area contributed by atoms with Crippen LogP contribution in [0.15, 0.2) is 5.38 Å². The zero-order valence-electron chi connectivity index (χ0n) is 5.01. The minimum absolute atomic E-state index is 0.500. The van der Waals surface area contributed by atoms with Gasteiger partial charge in [-0.2, -0.15) is 0 Å². The molecule has 0 saturated heterocycles. The lowest BCUT2D eigenvalue weighted by atomic mass is 10.5. The fraction of sp³-hybridized carbons (Fsp3) is 0. The molecule has 0 aliphatic carbocycles. The van der Waals surface area contributed by atoms with Crippen molar-refractivity contribution >= 4 is 22.7 Å². The summed E-state index contributed by atoms with van der Waals surface area (Å²) in [5.41, 5.74) is -1.07. The van der Waals surface area contributed by atoms with Gasteiger partial charge in [0.25, 0.3) is 0 Å². The Morgan fingerprint density at radius 3 is 2.36 bits per heavy atom. The van der Waals surface area contributed by atoms with Crippen LogP contribution in [-0.4, -0.2) is 9.85 Å². The van der Waals surface area contributed by atoms with Crippen LogP contribution in [0.1, 0.15) is 0 Å². The third-order valence-corrected chi connectivity index (χ3v) is 1.60. The van der Waals surface area contributed by atoms with Crippen LogP contribution in [0.5, 0.6) is 0 Å². The van der Waals surface area contributed by atoms with E-state index in [1.807, 2.05) is 0 Å². The van der Waals surface area contributed by atoms with Gasteiger partial charge in [-0.25, -0.2) is 0 Å². The van der Waals surface area contributed by atoms with Gasteiger partial charge in [0, 0.05) is 0 Å². The normalized spacial score (nSPS) is 9.45. The van der Waals surface area contributed by atoms with Crippen LogP contribution in [0.4, 0.5) is 11.4 Å². The highest BCUT2D eigenvalue weighted by Gasteiger charge is 2.25. The van der Waals surface area contributed by atoms with E-state index in [2.05, 4.69) is 5.38 Å². The van der Waals surface area contributed by atoms with Gasteiger partial charge in [-0.05, 0) is 0 Å². The summed E-state index contributed by atoms with van der Waals surface area (Å²) in [6, 6.07) is 0. The van der Waals surface area contributed by atoms with E-state index in [4.69, 9.17) is 0 Å². The fourth-order valence-electron chi connectivity index (χ4n) is 0.509. The maximum absolute atomic E-state index is 10.1. The Kier molecular flexibility index (Phi) is 1.81. The molecular weight excluding hydrogens is 172 g/mol. The number of hydrogen-bond acceptors (Lipinski definition) is 5. The van der Waals surface area contributed by atoms with Crippen molar-refractivity contribution in [2.24, 2.45) is 0 Å². The number of thiophene rings is 1. The van der Waals surface area contributed by atoms with E-state index in [0.717, 1.165) is 16.7 Å². The fourth-order valence-corrected chi connectivity index (χ4v) is 1.17. The lowest BCUT2D eigenvalue weighted by Crippen LogP contribution is -1.92. The van der Waals surface area contributed by atoms with Crippen molar-refractivity contribution in [3.8, 4) is 0 Å². The predicted molar refractivity (Wildman–Crippen MR) is 36.5 cm³/mol. The molecule has 0 atom stereocenters. The first kappa shape index (κ1) is 7.61. The molecule has 0 spiro atoms. The summed E-state index contributed by atoms with van der Waals surface area (Å²) in [7, 11) is 0. The molecule has 7 heteroatoms. The van der Waals surface area contributed by atoms with E-state index in [0.29, 0.717) is 0 Å². The summed E-state index contributed by atoms with van der Waals surface area (Å²) in [6.45, 7) is 0. The number of nitro groups is 2. The van der Waals surface area contributed by atoms with Crippen LogP contribution in [0.3, 0.4) is 0 Å². The van der Waals surface area contributed by atoms with Crippen molar-refractivity contribution < 1.29 is 9.85 Å². The molecule has 11 heavy (non-hydrogen) atoms. The van der Waals surface area contributed by atoms with Gasteiger partial charge in [0.15, 0.2) is 0 Å². The first-order chi connectivity index (χ1) is 5.13. The van der Waals surface area contributed by atoms with Crippen LogP contribution in [-0.2, 0) is 0 Å². The topological polar surface area (TPSA) is 86.3 Å². The summed E-state index contributed by atoms with van der Waals surface area (Å²) in [5, 5.41) is 23.4. The SMILES string of the molecule is O=[N+]([O-])c1[c]scc1[N+](=O)[O-]. The summed E-state index contributed by atoms with van der Waals surface area (Å²) in [4.78, 5) is 18.5. The average Bonchev–Trinajstić information content (AvgIpc) is 2.32. The molecule has 0 unspecified atom stereocenters. The molecule has 1 heterocycles. The highest BCUT2D eigenvalue weighted by Crippen LogP contribution is 2.29. The molecule has 0 saturated carbocycles. The van der Waals surface area contributed by atoms with Crippen molar-refractivity contribution in [3.05, 3.63) is 31.0 Å². The second-order valence-electron chi connectivity index (χ2n) is 1.59. The average molecular weight is 173 g/mol. The van der Waals surface area contributed by atoms with Crippen molar-refractivity contribution in [1.82, 2.24) is 0 Å². The molecule has 0 bridgehead atoms. The molecule has 6 nitrogen and oxygen atoms in total. The van der Waals surface area contributed by atoms with Gasteiger partial charge in [-0.15, -0.1) is 11.3 Å². The molecule has 1 aromatic rings. The van der Waals surface area contributed by atoms with E-state index >= 15 is 0 Å². The van der Waals surface area contributed by atoms with Crippen LogP contribution >= 0.6 is 11.3 Å². The lowest BCUT2D eigenvalue weighted by molar-refractivity contribution is -0.421. The van der Waals surface area contributed by atoms with E-state index in [1.54, 1.807) is 0 Å². The molecule has 0 N–H and O–H groups in total. The maximum atomic E-state index is 10.1. The molecule has 1 aromatic heterocycles. The zero-order chi connectivity index (χ0) is 8.43. The Labute approximate surface area is 64.4 Å². The van der Waals surface area contributed by atoms with Gasteiger partial charge in [0.1, 0.15) is 5.38 Å². The lowest BCUT2D eigenvalue weighted by Gasteiger charge is -1.84. The standard InChI is InChI=1S/C4HN2O4S/c7-5(8)3-1-11-2-4(3)6(9)10/h1H. The summed E-state index contributed by atoms with van der Waals surface area (Å²) in [5.74, 6) is 0. The monoisotopic (exact) mass is 173 g/mol. The van der Waals surface area contributed by atoms with Gasteiger partial charge >= 0.3 is 11.4 Å². The van der Waals surface area contributed by atoms with Gasteiger partial charge in [-0.3, -0.25) is 20.2 Å². The van der Waals surface area contributed by atoms with Gasteiger partial charge < -0.3 is 0 Å². The molecule has 57 valence electrons. The van der Waals surface area contributed by atoms with Crippen molar-refractivity contribution in [2.75, 3.05) is 0 Å². The maximum Gasteiger partial charge on any atom is 0.365 e. The Bertz CT molecular complexity index is 278. The number of hydrogen-bond donors (Lipinski definition) is 0. The number of rotatable bonds is 2. The molecule has 1 rings (SSSR count). The zero-order valence-corrected chi connectivity index (χ0v) is 5.83. The second-order valence-corrected chi connectivity index (χ2v) is 2.26. The number of nitrogens with zero attached hydrogens (tertiary/aromatic N) is 2. The highest BCUT2D eigenvalue weighted by molar-refractivity contribution is 7.08. The van der Waals surface area contributed by atoms with Gasteiger partial charge in [-0.1, -0.05) is 0 Å². The first-order valence-corrected chi connectivity index (χ1v) is 3.29. The third kappa shape index (κ3) is 1.32. The van der Waals surface area contributed by atoms with E-state index in [9.17, 15) is 20.2 Å². The Balaban J connectivity index is 3.16. The Morgan fingerprint density at radius 1 is 1.36 bits per heavy atom. The highest BCUT2D eigenvalue weighted by atomic mass is 32.1. The van der Waals surface area contributed by atoms with Crippen LogP contribution < -0.4 is 0 Å². The molecule has 0 fully saturated rings. The largest absolute Gasteiger partial charge is 0.365 e. The second kappa shape index (κ2) is 2.62. The molecule has 0 aromatic carbocycles. The van der Waals surface area contributed by atoms with Crippen molar-refractivity contribution in [2.45, 2.75) is 0 Å². The van der Waals surface area contributed by atoms with Crippen LogP contribution in [0, 0.1) is 25.6 Å². The van der Waals surface area contributed by atoms with Crippen LogP contribution in [0.25, 0.3) is 0 Å². The summed E-state index contributed by atoms with van der Waals surface area (Å²) in [6.07, 6.45) is 0. The molecule has 0 aliphatic heterocycles. The van der Waals surface area contributed by atoms with E-state index < -0.39 is 21.2 Å². The molecular formula is C4HN2O4S. The molecule has 0 aliphatic rings. The summed E-state index contributed by atoms with van der Waals surface area (Å²) >= 11 is 0.815. The predicted octanol–water partition coefficient (Wildman–Crippen LogP) is 1.36. The Hall–Kier alpha value is -1.50. The molecule has 1 radical (unpaired) electrons. The van der Waals surface area contributed by atoms with Crippen LogP contribution in [0.2, 0.25) is 0 Å². The smallest absolute Gasteiger partial charge is 0.258 e. The van der Waals surface area contributed by atoms with Crippen molar-refractivity contribution in [1.29, 1.82) is 0 Å². The van der Waals surface area contributed by atoms with Gasteiger partial charge in [0.2, 0.25) is 0 Å². The quantitative estimate of drug-likeness (QED) is 0.499. The minimum Gasteiger partial charge on any atom is -0.258 e. The van der Waals surface area contributed by atoms with Gasteiger partial charge in [0.05, 0.1) is 15.2 Å². The summed E-state index contributed by atoms with van der Waals surface area (Å²) < 4.78 is 0. The van der Waals surface area contributed by atoms with E-state index in [1.165, 1.54) is 0 Å². The Morgan fingerprint density at radius 2 is 2.00 bits per heavy atom.